The van der Waals surface area contributed by atoms with Crippen LogP contribution in [0.25, 0.3) is 0 Å². The van der Waals surface area contributed by atoms with Crippen molar-refractivity contribution in [1.29, 1.82) is 0 Å². The molecule has 3 atom stereocenters. The van der Waals surface area contributed by atoms with Gasteiger partial charge in [0.05, 0.1) is 0 Å². The van der Waals surface area contributed by atoms with E-state index in [1.54, 1.807) is 0 Å². The molecule has 1 aliphatic carbocycles. The molecular weight excluding hydrogens is 254 g/mol. The van der Waals surface area contributed by atoms with Crippen LogP contribution in [-0.2, 0) is 0 Å². The van der Waals surface area contributed by atoms with Crippen LogP contribution in [0.15, 0.2) is 0 Å². The highest BCUT2D eigenvalue weighted by Gasteiger charge is 2.55. The van der Waals surface area contributed by atoms with Crippen LogP contribution in [0.3, 0.4) is 0 Å². The lowest BCUT2D eigenvalue weighted by Crippen LogP contribution is -2.54. The van der Waals surface area contributed by atoms with Crippen molar-refractivity contribution in [3.63, 3.8) is 0 Å². The molecule has 4 heteroatoms. The summed E-state index contributed by atoms with van der Waals surface area (Å²) >= 11 is 17.8. The van der Waals surface area contributed by atoms with Gasteiger partial charge in [-0.05, 0) is 30.6 Å². The van der Waals surface area contributed by atoms with Crippen LogP contribution in [-0.4, -0.2) is 14.5 Å². The molecule has 0 aromatic rings. The van der Waals surface area contributed by atoms with E-state index in [9.17, 15) is 5.11 Å². The fourth-order valence-corrected chi connectivity index (χ4v) is 3.35. The van der Waals surface area contributed by atoms with Gasteiger partial charge in [0.2, 0.25) is 3.79 Å². The maximum atomic E-state index is 10.6. The number of alkyl halides is 3. The highest BCUT2D eigenvalue weighted by Crippen LogP contribution is 2.52. The first-order valence-corrected chi connectivity index (χ1v) is 6.61. The van der Waals surface area contributed by atoms with Crippen molar-refractivity contribution in [3.8, 4) is 0 Å². The van der Waals surface area contributed by atoms with Crippen molar-refractivity contribution >= 4 is 34.8 Å². The number of aliphatic hydroxyl groups is 1. The highest BCUT2D eigenvalue weighted by atomic mass is 35.6. The van der Waals surface area contributed by atoms with E-state index in [1.165, 1.54) is 0 Å². The van der Waals surface area contributed by atoms with E-state index in [2.05, 4.69) is 20.8 Å². The number of hydrogen-bond acceptors (Lipinski definition) is 1. The third-order valence-electron chi connectivity index (χ3n) is 3.54. The summed E-state index contributed by atoms with van der Waals surface area (Å²) in [6.07, 6.45) is 2.61. The molecule has 0 spiro atoms. The molecule has 1 fully saturated rings. The van der Waals surface area contributed by atoms with E-state index in [0.29, 0.717) is 18.3 Å². The predicted molar refractivity (Wildman–Crippen MR) is 66.6 cm³/mol. The van der Waals surface area contributed by atoms with Gasteiger partial charge >= 0.3 is 0 Å². The van der Waals surface area contributed by atoms with Crippen molar-refractivity contribution < 1.29 is 5.11 Å². The third kappa shape index (κ3) is 2.74. The van der Waals surface area contributed by atoms with Crippen molar-refractivity contribution in [2.75, 3.05) is 0 Å². The molecule has 1 rings (SSSR count). The van der Waals surface area contributed by atoms with Gasteiger partial charge < -0.3 is 5.11 Å². The van der Waals surface area contributed by atoms with E-state index in [4.69, 9.17) is 34.8 Å². The molecule has 0 bridgehead atoms. The maximum absolute atomic E-state index is 10.6. The minimum atomic E-state index is -1.59. The topological polar surface area (TPSA) is 20.2 Å². The van der Waals surface area contributed by atoms with Gasteiger partial charge in [-0.25, -0.2) is 0 Å². The van der Waals surface area contributed by atoms with Gasteiger partial charge in [0.1, 0.15) is 5.60 Å². The Morgan fingerprint density at radius 1 is 1.27 bits per heavy atom. The second kappa shape index (κ2) is 4.60. The molecule has 0 amide bonds. The molecule has 1 N–H and O–H groups in total. The number of halogens is 3. The lowest BCUT2D eigenvalue weighted by atomic mass is 9.67. The molecule has 0 radical (unpaired) electrons. The van der Waals surface area contributed by atoms with E-state index in [1.807, 2.05) is 0 Å². The van der Waals surface area contributed by atoms with Crippen LogP contribution >= 0.6 is 34.8 Å². The molecule has 1 saturated carbocycles. The minimum Gasteiger partial charge on any atom is -0.385 e. The van der Waals surface area contributed by atoms with Crippen molar-refractivity contribution in [2.24, 2.45) is 17.8 Å². The van der Waals surface area contributed by atoms with E-state index in [0.717, 1.165) is 12.8 Å². The highest BCUT2D eigenvalue weighted by molar-refractivity contribution is 6.68. The molecule has 0 aromatic carbocycles. The summed E-state index contributed by atoms with van der Waals surface area (Å²) in [5, 5.41) is 10.6. The summed E-state index contributed by atoms with van der Waals surface area (Å²) in [6, 6.07) is 0. The molecule has 0 saturated heterocycles. The van der Waals surface area contributed by atoms with Crippen LogP contribution in [0.1, 0.15) is 40.0 Å². The van der Waals surface area contributed by atoms with E-state index in [-0.39, 0.29) is 5.92 Å². The van der Waals surface area contributed by atoms with Crippen LogP contribution < -0.4 is 0 Å². The fraction of sp³-hybridized carbons (Fsp3) is 1.00. The second-order valence-electron chi connectivity index (χ2n) is 5.16. The van der Waals surface area contributed by atoms with E-state index >= 15 is 0 Å². The van der Waals surface area contributed by atoms with Gasteiger partial charge in [-0.2, -0.15) is 0 Å². The average molecular weight is 274 g/mol. The molecule has 1 aliphatic rings. The van der Waals surface area contributed by atoms with Crippen molar-refractivity contribution in [1.82, 2.24) is 0 Å². The molecule has 15 heavy (non-hydrogen) atoms. The summed E-state index contributed by atoms with van der Waals surface area (Å²) in [6.45, 7) is 6.24. The molecule has 90 valence electrons. The van der Waals surface area contributed by atoms with Gasteiger partial charge in [0, 0.05) is 0 Å². The van der Waals surface area contributed by atoms with Crippen LogP contribution in [0.5, 0.6) is 0 Å². The van der Waals surface area contributed by atoms with Crippen molar-refractivity contribution in [3.05, 3.63) is 0 Å². The van der Waals surface area contributed by atoms with Crippen LogP contribution in [0.2, 0.25) is 0 Å². The summed E-state index contributed by atoms with van der Waals surface area (Å²) in [5.41, 5.74) is -1.18. The van der Waals surface area contributed by atoms with Gasteiger partial charge in [-0.15, -0.1) is 0 Å². The van der Waals surface area contributed by atoms with Gasteiger partial charge in [-0.3, -0.25) is 0 Å². The summed E-state index contributed by atoms with van der Waals surface area (Å²) in [4.78, 5) is 0. The Morgan fingerprint density at radius 2 is 1.80 bits per heavy atom. The predicted octanol–water partition coefficient (Wildman–Crippen LogP) is 4.18. The largest absolute Gasteiger partial charge is 0.385 e. The standard InChI is InChI=1S/C11H19Cl3O/c1-7(2)9-5-4-8(3)6-10(9,15)11(12,13)14/h7-9,15H,4-6H2,1-3H3. The SMILES string of the molecule is CC1CCC(C(C)C)C(O)(C(Cl)(Cl)Cl)C1. The van der Waals surface area contributed by atoms with Crippen LogP contribution in [0.4, 0.5) is 0 Å². The normalized spacial score (nSPS) is 38.4. The first-order valence-electron chi connectivity index (χ1n) is 5.47. The average Bonchev–Trinajstić information content (AvgIpc) is 2.00. The minimum absolute atomic E-state index is 0.0706. The van der Waals surface area contributed by atoms with Gasteiger partial charge in [0.25, 0.3) is 0 Å². The van der Waals surface area contributed by atoms with Crippen molar-refractivity contribution in [2.45, 2.75) is 49.4 Å². The second-order valence-corrected chi connectivity index (χ2v) is 7.44. The van der Waals surface area contributed by atoms with Crippen LogP contribution in [0, 0.1) is 17.8 Å². The summed E-state index contributed by atoms with van der Waals surface area (Å²) in [5.74, 6) is 0.819. The monoisotopic (exact) mass is 272 g/mol. The van der Waals surface area contributed by atoms with Gasteiger partial charge in [-0.1, -0.05) is 62.0 Å². The molecule has 0 heterocycles. The first-order chi connectivity index (χ1) is 6.68. The Kier molecular flexibility index (Phi) is 4.26. The Labute approximate surface area is 107 Å². The zero-order chi connectivity index (χ0) is 11.9. The van der Waals surface area contributed by atoms with Gasteiger partial charge in [0.15, 0.2) is 0 Å². The molecule has 3 unspecified atom stereocenters. The Hall–Kier alpha value is 0.830. The zero-order valence-corrected chi connectivity index (χ0v) is 11.7. The maximum Gasteiger partial charge on any atom is 0.219 e. The lowest BCUT2D eigenvalue weighted by molar-refractivity contribution is -0.0770. The lowest BCUT2D eigenvalue weighted by Gasteiger charge is -2.48. The molecular formula is C11H19Cl3O. The zero-order valence-electron chi connectivity index (χ0n) is 9.43. The molecule has 1 nitrogen and oxygen atoms in total. The Bertz CT molecular complexity index is 224. The number of hydrogen-bond donors (Lipinski definition) is 1. The third-order valence-corrected chi connectivity index (χ3v) is 4.52. The Morgan fingerprint density at radius 3 is 2.20 bits per heavy atom. The molecule has 0 aromatic heterocycles. The number of rotatable bonds is 1. The Balaban J connectivity index is 2.97. The van der Waals surface area contributed by atoms with E-state index < -0.39 is 9.39 Å². The smallest absolute Gasteiger partial charge is 0.219 e. The summed E-state index contributed by atoms with van der Waals surface area (Å²) < 4.78 is -1.59. The summed E-state index contributed by atoms with van der Waals surface area (Å²) in [7, 11) is 0. The quantitative estimate of drug-likeness (QED) is 0.711. The fourth-order valence-electron chi connectivity index (χ4n) is 2.70. The first kappa shape index (κ1) is 13.9. The molecule has 0 aliphatic heterocycles.